The van der Waals surface area contributed by atoms with Gasteiger partial charge in [0.15, 0.2) is 11.5 Å². The molecule has 0 aliphatic heterocycles. The molecule has 7 nitrogen and oxygen atoms in total. The number of rotatable bonds is 7. The number of benzene rings is 2. The molecule has 0 atom stereocenters. The summed E-state index contributed by atoms with van der Waals surface area (Å²) in [5, 5.41) is 12.1. The van der Waals surface area contributed by atoms with E-state index in [1.54, 1.807) is 36.4 Å². The Hall–Kier alpha value is -3.66. The SMILES string of the molecule is COc1cc(OC)c(OC)cc1/C=C(\C#N)C(=O)Nc1ccccc1OC. The Balaban J connectivity index is 2.40. The monoisotopic (exact) mass is 368 g/mol. The second-order valence-corrected chi connectivity index (χ2v) is 5.27. The highest BCUT2D eigenvalue weighted by Gasteiger charge is 2.15. The van der Waals surface area contributed by atoms with Gasteiger partial charge in [0.05, 0.1) is 34.1 Å². The average molecular weight is 368 g/mol. The van der Waals surface area contributed by atoms with Crippen LogP contribution in [-0.2, 0) is 4.79 Å². The van der Waals surface area contributed by atoms with Gasteiger partial charge in [-0.15, -0.1) is 0 Å². The first-order valence-corrected chi connectivity index (χ1v) is 7.94. The molecule has 0 saturated carbocycles. The number of ether oxygens (including phenoxy) is 4. The fourth-order valence-electron chi connectivity index (χ4n) is 2.41. The molecular formula is C20H20N2O5. The molecule has 140 valence electrons. The van der Waals surface area contributed by atoms with E-state index in [1.165, 1.54) is 34.5 Å². The Morgan fingerprint density at radius 2 is 1.52 bits per heavy atom. The van der Waals surface area contributed by atoms with Crippen LogP contribution in [0.1, 0.15) is 5.56 Å². The van der Waals surface area contributed by atoms with Crippen molar-refractivity contribution in [3.63, 3.8) is 0 Å². The third-order valence-electron chi connectivity index (χ3n) is 3.76. The second-order valence-electron chi connectivity index (χ2n) is 5.27. The maximum Gasteiger partial charge on any atom is 0.266 e. The van der Waals surface area contributed by atoms with Gasteiger partial charge < -0.3 is 24.3 Å². The largest absolute Gasteiger partial charge is 0.496 e. The summed E-state index contributed by atoms with van der Waals surface area (Å²) in [5.41, 5.74) is 0.860. The molecule has 27 heavy (non-hydrogen) atoms. The van der Waals surface area contributed by atoms with Crippen LogP contribution in [0.2, 0.25) is 0 Å². The Morgan fingerprint density at radius 3 is 2.11 bits per heavy atom. The van der Waals surface area contributed by atoms with E-state index in [2.05, 4.69) is 5.32 Å². The van der Waals surface area contributed by atoms with Crippen LogP contribution in [0.4, 0.5) is 5.69 Å². The number of anilines is 1. The van der Waals surface area contributed by atoms with E-state index < -0.39 is 5.91 Å². The molecule has 0 aliphatic rings. The second kappa shape index (κ2) is 9.15. The van der Waals surface area contributed by atoms with Crippen molar-refractivity contribution in [2.45, 2.75) is 0 Å². The van der Waals surface area contributed by atoms with Gasteiger partial charge in [0.2, 0.25) is 0 Å². The van der Waals surface area contributed by atoms with Gasteiger partial charge >= 0.3 is 0 Å². The van der Waals surface area contributed by atoms with Crippen molar-refractivity contribution in [2.75, 3.05) is 33.8 Å². The van der Waals surface area contributed by atoms with E-state index >= 15 is 0 Å². The van der Waals surface area contributed by atoms with Gasteiger partial charge in [0.1, 0.15) is 23.1 Å². The van der Waals surface area contributed by atoms with Crippen LogP contribution in [0.3, 0.4) is 0 Å². The van der Waals surface area contributed by atoms with Gasteiger partial charge in [-0.3, -0.25) is 4.79 Å². The molecule has 0 bridgehead atoms. The Kier molecular flexibility index (Phi) is 6.67. The minimum atomic E-state index is -0.571. The number of nitriles is 1. The molecule has 1 amide bonds. The molecular weight excluding hydrogens is 348 g/mol. The molecule has 0 unspecified atom stereocenters. The van der Waals surface area contributed by atoms with E-state index in [1.807, 2.05) is 6.07 Å². The average Bonchev–Trinajstić information content (AvgIpc) is 2.71. The smallest absolute Gasteiger partial charge is 0.266 e. The van der Waals surface area contributed by atoms with Crippen molar-refractivity contribution in [1.82, 2.24) is 0 Å². The number of para-hydroxylation sites is 2. The number of hydrogen-bond donors (Lipinski definition) is 1. The topological polar surface area (TPSA) is 89.8 Å². The molecule has 0 aromatic heterocycles. The van der Waals surface area contributed by atoms with Crippen molar-refractivity contribution in [2.24, 2.45) is 0 Å². The fourth-order valence-corrected chi connectivity index (χ4v) is 2.41. The molecule has 0 saturated heterocycles. The van der Waals surface area contributed by atoms with Crippen LogP contribution in [-0.4, -0.2) is 34.3 Å². The van der Waals surface area contributed by atoms with E-state index in [9.17, 15) is 10.1 Å². The molecule has 1 N–H and O–H groups in total. The minimum absolute atomic E-state index is 0.105. The summed E-state index contributed by atoms with van der Waals surface area (Å²) < 4.78 is 21.0. The van der Waals surface area contributed by atoms with Crippen LogP contribution < -0.4 is 24.3 Å². The predicted molar refractivity (Wildman–Crippen MR) is 101 cm³/mol. The zero-order chi connectivity index (χ0) is 19.8. The number of nitrogens with one attached hydrogen (secondary N) is 1. The lowest BCUT2D eigenvalue weighted by Crippen LogP contribution is -2.14. The third-order valence-corrected chi connectivity index (χ3v) is 3.76. The maximum atomic E-state index is 12.5. The number of amides is 1. The van der Waals surface area contributed by atoms with Gasteiger partial charge in [0, 0.05) is 11.6 Å². The molecule has 0 aliphatic carbocycles. The molecule has 0 spiro atoms. The summed E-state index contributed by atoms with van der Waals surface area (Å²) in [6.45, 7) is 0. The number of carbonyl (C=O) groups excluding carboxylic acids is 1. The molecule has 2 aromatic rings. The van der Waals surface area contributed by atoms with Crippen LogP contribution >= 0.6 is 0 Å². The highest BCUT2D eigenvalue weighted by Crippen LogP contribution is 2.35. The van der Waals surface area contributed by atoms with Crippen LogP contribution in [0.15, 0.2) is 42.0 Å². The number of nitrogens with zero attached hydrogens (tertiary/aromatic N) is 1. The summed E-state index contributed by atoms with van der Waals surface area (Å²) >= 11 is 0. The van der Waals surface area contributed by atoms with Crippen molar-refractivity contribution in [1.29, 1.82) is 5.26 Å². The summed E-state index contributed by atoms with van der Waals surface area (Å²) in [6, 6.07) is 12.1. The predicted octanol–water partition coefficient (Wildman–Crippen LogP) is 3.27. The summed E-state index contributed by atoms with van der Waals surface area (Å²) in [6.07, 6.45) is 1.42. The van der Waals surface area contributed by atoms with E-state index in [4.69, 9.17) is 18.9 Å². The van der Waals surface area contributed by atoms with Gasteiger partial charge in [-0.2, -0.15) is 5.26 Å². The summed E-state index contributed by atoms with van der Waals surface area (Å²) in [4.78, 5) is 12.5. The lowest BCUT2D eigenvalue weighted by molar-refractivity contribution is -0.112. The van der Waals surface area contributed by atoms with Gasteiger partial charge in [0.25, 0.3) is 5.91 Å². The molecule has 2 rings (SSSR count). The van der Waals surface area contributed by atoms with Crippen molar-refractivity contribution in [3.05, 3.63) is 47.5 Å². The van der Waals surface area contributed by atoms with Crippen molar-refractivity contribution >= 4 is 17.7 Å². The van der Waals surface area contributed by atoms with Gasteiger partial charge in [-0.25, -0.2) is 0 Å². The molecule has 0 radical (unpaired) electrons. The van der Waals surface area contributed by atoms with Crippen LogP contribution in [0.25, 0.3) is 6.08 Å². The van der Waals surface area contributed by atoms with Gasteiger partial charge in [-0.1, -0.05) is 12.1 Å². The first-order chi connectivity index (χ1) is 13.1. The van der Waals surface area contributed by atoms with Gasteiger partial charge in [-0.05, 0) is 24.3 Å². The molecule has 7 heteroatoms. The number of carbonyl (C=O) groups is 1. The lowest BCUT2D eigenvalue weighted by atomic mass is 10.1. The summed E-state index contributed by atoms with van der Waals surface area (Å²) in [5.74, 6) is 1.28. The lowest BCUT2D eigenvalue weighted by Gasteiger charge is -2.13. The quantitative estimate of drug-likeness (QED) is 0.596. The number of methoxy groups -OCH3 is 4. The minimum Gasteiger partial charge on any atom is -0.496 e. The van der Waals surface area contributed by atoms with Crippen molar-refractivity contribution < 1.29 is 23.7 Å². The van der Waals surface area contributed by atoms with Crippen molar-refractivity contribution in [3.8, 4) is 29.1 Å². The zero-order valence-corrected chi connectivity index (χ0v) is 15.5. The summed E-state index contributed by atoms with van der Waals surface area (Å²) in [7, 11) is 5.99. The van der Waals surface area contributed by atoms with Crippen LogP contribution in [0.5, 0.6) is 23.0 Å². The molecule has 0 heterocycles. The highest BCUT2D eigenvalue weighted by molar-refractivity contribution is 6.10. The number of hydrogen-bond acceptors (Lipinski definition) is 6. The van der Waals surface area contributed by atoms with Crippen LogP contribution in [0, 0.1) is 11.3 Å². The maximum absolute atomic E-state index is 12.5. The van der Waals surface area contributed by atoms with E-state index in [-0.39, 0.29) is 5.57 Å². The Labute approximate surface area is 157 Å². The normalized spacial score (nSPS) is 10.6. The molecule has 0 fully saturated rings. The standard InChI is InChI=1S/C20H20N2O5/c1-24-16-8-6-5-7-15(16)22-20(23)14(12-21)9-13-10-18(26-3)19(27-4)11-17(13)25-2/h5-11H,1-4H3,(H,22,23)/b14-9+. The fraction of sp³-hybridized carbons (Fsp3) is 0.200. The Bertz CT molecular complexity index is 900. The van der Waals surface area contributed by atoms with E-state index in [0.717, 1.165) is 0 Å². The Morgan fingerprint density at radius 1 is 0.926 bits per heavy atom. The first kappa shape index (κ1) is 19.7. The zero-order valence-electron chi connectivity index (χ0n) is 15.5. The first-order valence-electron chi connectivity index (χ1n) is 7.94. The third kappa shape index (κ3) is 4.50. The molecule has 2 aromatic carbocycles. The van der Waals surface area contributed by atoms with E-state index in [0.29, 0.717) is 34.2 Å². The highest BCUT2D eigenvalue weighted by atomic mass is 16.5.